The predicted octanol–water partition coefficient (Wildman–Crippen LogP) is 3.15. The Bertz CT molecular complexity index is 219. The van der Waals surface area contributed by atoms with Crippen LogP contribution in [0.4, 0.5) is 0 Å². The van der Waals surface area contributed by atoms with Crippen LogP contribution in [0.1, 0.15) is 51.4 Å². The fraction of sp³-hybridized carbons (Fsp3) is 0.769. The third kappa shape index (κ3) is 8.48. The van der Waals surface area contributed by atoms with Gasteiger partial charge in [-0.15, -0.1) is 0 Å². The Kier molecular flexibility index (Phi) is 6.90. The summed E-state index contributed by atoms with van der Waals surface area (Å²) in [6.45, 7) is 0.982. The molecule has 1 aliphatic heterocycles. The van der Waals surface area contributed by atoms with Gasteiger partial charge in [0.2, 0.25) is 0 Å². The second-order valence-electron chi connectivity index (χ2n) is 4.39. The maximum absolute atomic E-state index is 10.2. The molecule has 0 aromatic heterocycles. The minimum atomic E-state index is -0.845. The summed E-state index contributed by atoms with van der Waals surface area (Å²) in [4.78, 5) is 10.2. The lowest BCUT2D eigenvalue weighted by molar-refractivity contribution is -0.131. The summed E-state index contributed by atoms with van der Waals surface area (Å²) in [7, 11) is 0. The van der Waals surface area contributed by atoms with Crippen LogP contribution in [-0.4, -0.2) is 23.8 Å². The molecule has 3 nitrogen and oxygen atoms in total. The van der Waals surface area contributed by atoms with Crippen molar-refractivity contribution in [3.05, 3.63) is 12.2 Å². The second-order valence-corrected chi connectivity index (χ2v) is 4.39. The molecule has 1 heterocycles. The number of allylic oxidation sites excluding steroid dienone is 1. The number of ether oxygens (including phenoxy) is 1. The average Bonchev–Trinajstić information content (AvgIpc) is 3.04. The SMILES string of the molecule is O=C(O)/C=C/CCCCCCCCC1CO1. The summed E-state index contributed by atoms with van der Waals surface area (Å²) in [6, 6.07) is 0. The normalized spacial score (nSPS) is 19.1. The number of hydrogen-bond acceptors (Lipinski definition) is 2. The monoisotopic (exact) mass is 226 g/mol. The van der Waals surface area contributed by atoms with Crippen molar-refractivity contribution in [1.82, 2.24) is 0 Å². The number of carboxylic acids is 1. The topological polar surface area (TPSA) is 49.8 Å². The van der Waals surface area contributed by atoms with Crippen molar-refractivity contribution in [2.75, 3.05) is 6.61 Å². The van der Waals surface area contributed by atoms with Crippen molar-refractivity contribution in [3.8, 4) is 0 Å². The highest BCUT2D eigenvalue weighted by atomic mass is 16.6. The Morgan fingerprint density at radius 3 is 2.44 bits per heavy atom. The molecule has 1 aliphatic rings. The molecule has 0 bridgehead atoms. The van der Waals surface area contributed by atoms with Crippen molar-refractivity contribution in [2.24, 2.45) is 0 Å². The van der Waals surface area contributed by atoms with Crippen LogP contribution < -0.4 is 0 Å². The smallest absolute Gasteiger partial charge is 0.327 e. The van der Waals surface area contributed by atoms with E-state index in [-0.39, 0.29) is 0 Å². The van der Waals surface area contributed by atoms with Crippen LogP contribution in [0.3, 0.4) is 0 Å². The van der Waals surface area contributed by atoms with Gasteiger partial charge >= 0.3 is 5.97 Å². The van der Waals surface area contributed by atoms with Gasteiger partial charge in [0, 0.05) is 6.08 Å². The first-order chi connectivity index (χ1) is 7.79. The Morgan fingerprint density at radius 1 is 1.19 bits per heavy atom. The fourth-order valence-electron chi connectivity index (χ4n) is 1.76. The van der Waals surface area contributed by atoms with Gasteiger partial charge in [-0.05, 0) is 19.3 Å². The molecule has 1 unspecified atom stereocenters. The number of unbranched alkanes of at least 4 members (excludes halogenated alkanes) is 6. The number of epoxide rings is 1. The molecule has 1 N–H and O–H groups in total. The zero-order chi connectivity index (χ0) is 11.6. The van der Waals surface area contributed by atoms with Crippen LogP contribution in [0.2, 0.25) is 0 Å². The van der Waals surface area contributed by atoms with Gasteiger partial charge in [0.1, 0.15) is 0 Å². The number of carbonyl (C=O) groups is 1. The Balaban J connectivity index is 1.72. The summed E-state index contributed by atoms with van der Waals surface area (Å²) < 4.78 is 5.14. The molecule has 0 radical (unpaired) electrons. The molecule has 0 aromatic rings. The summed E-state index contributed by atoms with van der Waals surface area (Å²) in [5.41, 5.74) is 0. The van der Waals surface area contributed by atoms with E-state index in [1.165, 1.54) is 44.6 Å². The minimum Gasteiger partial charge on any atom is -0.478 e. The lowest BCUT2D eigenvalue weighted by atomic mass is 10.1. The molecule has 3 heteroatoms. The van der Waals surface area contributed by atoms with E-state index in [0.717, 1.165) is 19.4 Å². The third-order valence-electron chi connectivity index (χ3n) is 2.81. The van der Waals surface area contributed by atoms with E-state index in [9.17, 15) is 4.79 Å². The summed E-state index contributed by atoms with van der Waals surface area (Å²) >= 11 is 0. The van der Waals surface area contributed by atoms with E-state index < -0.39 is 5.97 Å². The van der Waals surface area contributed by atoms with Crippen LogP contribution in [0, 0.1) is 0 Å². The molecular formula is C13H22O3. The molecule has 1 fully saturated rings. The summed E-state index contributed by atoms with van der Waals surface area (Å²) in [5.74, 6) is -0.845. The van der Waals surface area contributed by atoms with Gasteiger partial charge < -0.3 is 9.84 Å². The zero-order valence-electron chi connectivity index (χ0n) is 9.86. The van der Waals surface area contributed by atoms with Gasteiger partial charge in [0.15, 0.2) is 0 Å². The van der Waals surface area contributed by atoms with Crippen molar-refractivity contribution < 1.29 is 14.6 Å². The minimum absolute atomic E-state index is 0.584. The molecule has 1 rings (SSSR count). The lowest BCUT2D eigenvalue weighted by Crippen LogP contribution is -1.86. The van der Waals surface area contributed by atoms with Gasteiger partial charge in [-0.1, -0.05) is 38.2 Å². The van der Waals surface area contributed by atoms with Crippen LogP contribution in [0.15, 0.2) is 12.2 Å². The van der Waals surface area contributed by atoms with E-state index in [1.54, 1.807) is 6.08 Å². The lowest BCUT2D eigenvalue weighted by Gasteiger charge is -1.99. The van der Waals surface area contributed by atoms with E-state index >= 15 is 0 Å². The van der Waals surface area contributed by atoms with Crippen LogP contribution in [0.5, 0.6) is 0 Å². The van der Waals surface area contributed by atoms with Crippen molar-refractivity contribution in [2.45, 2.75) is 57.5 Å². The molecule has 0 spiro atoms. The fourth-order valence-corrected chi connectivity index (χ4v) is 1.76. The predicted molar refractivity (Wildman–Crippen MR) is 63.5 cm³/mol. The van der Waals surface area contributed by atoms with Gasteiger partial charge in [0.05, 0.1) is 12.7 Å². The van der Waals surface area contributed by atoms with E-state index in [4.69, 9.17) is 9.84 Å². The molecule has 0 amide bonds. The third-order valence-corrected chi connectivity index (χ3v) is 2.81. The molecule has 1 atom stereocenters. The Morgan fingerprint density at radius 2 is 1.81 bits per heavy atom. The molecule has 92 valence electrons. The Labute approximate surface area is 97.5 Å². The van der Waals surface area contributed by atoms with Gasteiger partial charge in [-0.3, -0.25) is 0 Å². The van der Waals surface area contributed by atoms with E-state index in [2.05, 4.69) is 0 Å². The molecule has 0 saturated carbocycles. The van der Waals surface area contributed by atoms with Crippen molar-refractivity contribution >= 4 is 5.97 Å². The maximum atomic E-state index is 10.2. The standard InChI is InChI=1S/C13H22O3/c14-13(15)10-8-6-4-2-1-3-5-7-9-12-11-16-12/h8,10,12H,1-7,9,11H2,(H,14,15)/b10-8+. The van der Waals surface area contributed by atoms with Crippen molar-refractivity contribution in [1.29, 1.82) is 0 Å². The number of carboxylic acid groups (broad SMARTS) is 1. The van der Waals surface area contributed by atoms with Crippen LogP contribution in [0.25, 0.3) is 0 Å². The van der Waals surface area contributed by atoms with Gasteiger partial charge in [-0.2, -0.15) is 0 Å². The van der Waals surface area contributed by atoms with Crippen LogP contribution >= 0.6 is 0 Å². The van der Waals surface area contributed by atoms with Crippen molar-refractivity contribution in [3.63, 3.8) is 0 Å². The zero-order valence-corrected chi connectivity index (χ0v) is 9.86. The molecule has 0 aromatic carbocycles. The number of aliphatic carboxylic acids is 1. The molecule has 1 saturated heterocycles. The van der Waals surface area contributed by atoms with Crippen LogP contribution in [-0.2, 0) is 9.53 Å². The largest absolute Gasteiger partial charge is 0.478 e. The Hall–Kier alpha value is -0.830. The first-order valence-corrected chi connectivity index (χ1v) is 6.30. The second kappa shape index (κ2) is 8.34. The highest BCUT2D eigenvalue weighted by Crippen LogP contribution is 2.18. The van der Waals surface area contributed by atoms with Gasteiger partial charge in [0.25, 0.3) is 0 Å². The van der Waals surface area contributed by atoms with E-state index in [0.29, 0.717) is 6.10 Å². The van der Waals surface area contributed by atoms with Gasteiger partial charge in [-0.25, -0.2) is 4.79 Å². The highest BCUT2D eigenvalue weighted by Gasteiger charge is 2.20. The summed E-state index contributed by atoms with van der Waals surface area (Å²) in [6.07, 6.45) is 13.2. The van der Waals surface area contributed by atoms with E-state index in [1.807, 2.05) is 0 Å². The number of rotatable bonds is 10. The molecule has 16 heavy (non-hydrogen) atoms. The average molecular weight is 226 g/mol. The molecular weight excluding hydrogens is 204 g/mol. The highest BCUT2D eigenvalue weighted by molar-refractivity contribution is 5.79. The first kappa shape index (κ1) is 13.2. The number of hydrogen-bond donors (Lipinski definition) is 1. The first-order valence-electron chi connectivity index (χ1n) is 6.30. The quantitative estimate of drug-likeness (QED) is 0.353. The maximum Gasteiger partial charge on any atom is 0.327 e. The molecule has 0 aliphatic carbocycles. The summed E-state index contributed by atoms with van der Waals surface area (Å²) in [5, 5.41) is 8.37.